The summed E-state index contributed by atoms with van der Waals surface area (Å²) in [6, 6.07) is 44.7. The largest absolute Gasteiger partial charge is 0.306 e. The molecule has 41 heavy (non-hydrogen) atoms. The third-order valence-corrected chi connectivity index (χ3v) is 10.2. The van der Waals surface area contributed by atoms with Crippen LogP contribution in [-0.4, -0.2) is 17.0 Å². The first kappa shape index (κ1) is 22.7. The van der Waals surface area contributed by atoms with Gasteiger partial charge < -0.3 is 4.57 Å². The van der Waals surface area contributed by atoms with Crippen molar-refractivity contribution in [1.82, 2.24) is 8.54 Å². The lowest BCUT2D eigenvalue weighted by Gasteiger charge is -2.12. The summed E-state index contributed by atoms with van der Waals surface area (Å²) < 4.78 is 32.7. The molecule has 0 unspecified atom stereocenters. The Morgan fingerprint density at radius 2 is 0.976 bits per heavy atom. The quantitative estimate of drug-likeness (QED) is 0.218. The van der Waals surface area contributed by atoms with Crippen molar-refractivity contribution in [3.05, 3.63) is 133 Å². The molecule has 0 saturated carbocycles. The van der Waals surface area contributed by atoms with Gasteiger partial charge in [-0.05, 0) is 58.7 Å². The number of fused-ring (bicyclic) bond motifs is 8. The molecule has 0 amide bonds. The predicted octanol–water partition coefficient (Wildman–Crippen LogP) is 8.78. The molecule has 1 aliphatic rings. The number of nitrogens with zero attached hydrogens (tertiary/aromatic N) is 2. The minimum atomic E-state index is -3.90. The highest BCUT2D eigenvalue weighted by molar-refractivity contribution is 7.90. The van der Waals surface area contributed by atoms with E-state index in [1.807, 2.05) is 60.7 Å². The Hall–Kier alpha value is -5.13. The van der Waals surface area contributed by atoms with Gasteiger partial charge in [0.15, 0.2) is 0 Å². The maximum atomic E-state index is 14.5. The SMILES string of the molecule is O=S1(=O)c2ccccc2-n2c3ccc(-c4ccccc4)cc3c3ccc4c5cc(-c6ccccc6)ccc5n1c4c32. The smallest absolute Gasteiger partial charge is 0.270 e. The Labute approximate surface area is 236 Å². The van der Waals surface area contributed by atoms with E-state index in [2.05, 4.69) is 65.2 Å². The van der Waals surface area contributed by atoms with Crippen LogP contribution in [0.1, 0.15) is 0 Å². The second-order valence-corrected chi connectivity index (χ2v) is 12.4. The summed E-state index contributed by atoms with van der Waals surface area (Å²) in [5, 5.41) is 3.98. The van der Waals surface area contributed by atoms with Crippen molar-refractivity contribution in [3.63, 3.8) is 0 Å². The van der Waals surface area contributed by atoms with Crippen LogP contribution in [0.3, 0.4) is 0 Å². The zero-order chi connectivity index (χ0) is 27.3. The number of rotatable bonds is 2. The number of aromatic nitrogens is 2. The van der Waals surface area contributed by atoms with Crippen LogP contribution in [0.15, 0.2) is 138 Å². The van der Waals surface area contributed by atoms with Crippen LogP contribution in [0.25, 0.3) is 71.6 Å². The van der Waals surface area contributed by atoms with E-state index >= 15 is 0 Å². The molecular weight excluding hydrogens is 524 g/mol. The second-order valence-electron chi connectivity index (χ2n) is 10.6. The lowest BCUT2D eigenvalue weighted by atomic mass is 10.0. The maximum absolute atomic E-state index is 14.5. The van der Waals surface area contributed by atoms with E-state index in [0.29, 0.717) is 16.1 Å². The molecule has 9 rings (SSSR count). The molecular formula is C36H22N2O2S. The molecule has 8 aromatic rings. The van der Waals surface area contributed by atoms with Gasteiger partial charge in [0.1, 0.15) is 4.90 Å². The molecule has 6 aromatic carbocycles. The van der Waals surface area contributed by atoms with Crippen molar-refractivity contribution in [3.8, 4) is 27.9 Å². The highest BCUT2D eigenvalue weighted by atomic mass is 32.2. The second kappa shape index (κ2) is 7.96. The molecule has 0 saturated heterocycles. The lowest BCUT2D eigenvalue weighted by molar-refractivity contribution is 0.590. The third-order valence-electron chi connectivity index (χ3n) is 8.45. The summed E-state index contributed by atoms with van der Waals surface area (Å²) in [7, 11) is -3.90. The summed E-state index contributed by atoms with van der Waals surface area (Å²) in [4.78, 5) is 0.299. The fraction of sp³-hybridized carbons (Fsp3) is 0. The first-order valence-electron chi connectivity index (χ1n) is 13.6. The Balaban J connectivity index is 1.49. The van der Waals surface area contributed by atoms with Crippen LogP contribution >= 0.6 is 0 Å². The predicted molar refractivity (Wildman–Crippen MR) is 167 cm³/mol. The number of hydrogen-bond acceptors (Lipinski definition) is 2. The van der Waals surface area contributed by atoms with E-state index in [1.54, 1.807) is 16.1 Å². The van der Waals surface area contributed by atoms with Crippen LogP contribution in [0.4, 0.5) is 0 Å². The summed E-state index contributed by atoms with van der Waals surface area (Å²) in [5.74, 6) is 0. The molecule has 4 nitrogen and oxygen atoms in total. The van der Waals surface area contributed by atoms with Gasteiger partial charge in [-0.25, -0.2) is 12.4 Å². The minimum absolute atomic E-state index is 0.299. The van der Waals surface area contributed by atoms with E-state index in [1.165, 1.54) is 0 Å². The molecule has 0 spiro atoms. The first-order chi connectivity index (χ1) is 20.1. The molecule has 2 aromatic heterocycles. The lowest BCUT2D eigenvalue weighted by Crippen LogP contribution is -2.13. The molecule has 5 heteroatoms. The highest BCUT2D eigenvalue weighted by Gasteiger charge is 2.33. The Morgan fingerprint density at radius 1 is 0.439 bits per heavy atom. The number of hydrogen-bond donors (Lipinski definition) is 0. The average Bonchev–Trinajstić information content (AvgIpc) is 3.51. The van der Waals surface area contributed by atoms with Crippen molar-refractivity contribution in [2.24, 2.45) is 0 Å². The van der Waals surface area contributed by atoms with Crippen molar-refractivity contribution in [2.75, 3.05) is 0 Å². The van der Waals surface area contributed by atoms with Gasteiger partial charge in [0.05, 0.1) is 27.8 Å². The van der Waals surface area contributed by atoms with Gasteiger partial charge in [-0.2, -0.15) is 0 Å². The maximum Gasteiger partial charge on any atom is 0.270 e. The van der Waals surface area contributed by atoms with Crippen molar-refractivity contribution >= 4 is 53.6 Å². The standard InChI is InChI=1S/C36H22N2O2S/c39-41(40)34-14-8-7-13-33(34)37-31-19-15-25(23-9-3-1-4-10-23)21-29(31)27-17-18-28-30-22-26(24-11-5-2-6-12-24)16-20-32(30)38(41)36(28)35(27)37/h1-22H. The van der Waals surface area contributed by atoms with E-state index in [0.717, 1.165) is 60.3 Å². The van der Waals surface area contributed by atoms with Crippen molar-refractivity contribution in [2.45, 2.75) is 4.90 Å². The summed E-state index contributed by atoms with van der Waals surface area (Å²) in [6.07, 6.45) is 0. The molecule has 0 radical (unpaired) electrons. The molecule has 0 N–H and O–H groups in total. The normalized spacial score (nSPS) is 13.8. The molecule has 3 heterocycles. The van der Waals surface area contributed by atoms with E-state index in [-0.39, 0.29) is 0 Å². The van der Waals surface area contributed by atoms with E-state index in [9.17, 15) is 8.42 Å². The van der Waals surface area contributed by atoms with Gasteiger partial charge in [-0.15, -0.1) is 0 Å². The summed E-state index contributed by atoms with van der Waals surface area (Å²) in [5.41, 5.74) is 8.40. The van der Waals surface area contributed by atoms with Crippen LogP contribution in [0.5, 0.6) is 0 Å². The Kier molecular flexibility index (Phi) is 4.40. The zero-order valence-corrected chi connectivity index (χ0v) is 22.6. The highest BCUT2D eigenvalue weighted by Crippen LogP contribution is 2.46. The molecule has 0 fully saturated rings. The number of para-hydroxylation sites is 1. The zero-order valence-electron chi connectivity index (χ0n) is 21.8. The molecule has 0 atom stereocenters. The van der Waals surface area contributed by atoms with Gasteiger partial charge in [0.25, 0.3) is 10.0 Å². The van der Waals surface area contributed by atoms with Crippen molar-refractivity contribution < 1.29 is 8.42 Å². The van der Waals surface area contributed by atoms with Gasteiger partial charge in [0.2, 0.25) is 0 Å². The van der Waals surface area contributed by atoms with E-state index < -0.39 is 10.0 Å². The third kappa shape index (κ3) is 2.96. The Morgan fingerprint density at radius 3 is 1.63 bits per heavy atom. The van der Waals surface area contributed by atoms with Crippen LogP contribution < -0.4 is 0 Å². The summed E-state index contributed by atoms with van der Waals surface area (Å²) in [6.45, 7) is 0. The fourth-order valence-corrected chi connectivity index (χ4v) is 8.36. The van der Waals surface area contributed by atoms with Crippen molar-refractivity contribution in [1.29, 1.82) is 0 Å². The number of benzene rings is 6. The minimum Gasteiger partial charge on any atom is -0.306 e. The van der Waals surface area contributed by atoms with Gasteiger partial charge in [-0.1, -0.05) is 97.1 Å². The monoisotopic (exact) mass is 546 g/mol. The fourth-order valence-electron chi connectivity index (χ4n) is 6.64. The first-order valence-corrected chi connectivity index (χ1v) is 15.1. The summed E-state index contributed by atoms with van der Waals surface area (Å²) >= 11 is 0. The molecule has 1 aliphatic heterocycles. The molecule has 194 valence electrons. The van der Waals surface area contributed by atoms with Crippen LogP contribution in [-0.2, 0) is 10.0 Å². The van der Waals surface area contributed by atoms with Crippen LogP contribution in [0, 0.1) is 0 Å². The Bertz CT molecular complexity index is 2470. The van der Waals surface area contributed by atoms with Gasteiger partial charge in [-0.3, -0.25) is 0 Å². The van der Waals surface area contributed by atoms with E-state index in [4.69, 9.17) is 0 Å². The van der Waals surface area contributed by atoms with Gasteiger partial charge >= 0.3 is 0 Å². The average molecular weight is 547 g/mol. The van der Waals surface area contributed by atoms with Crippen LogP contribution in [0.2, 0.25) is 0 Å². The molecule has 0 aliphatic carbocycles. The topological polar surface area (TPSA) is 44.0 Å². The van der Waals surface area contributed by atoms with Gasteiger partial charge in [0, 0.05) is 21.5 Å². The molecule has 0 bridgehead atoms.